The molecule has 3 aromatic rings. The Labute approximate surface area is 231 Å². The van der Waals surface area contributed by atoms with Gasteiger partial charge in [-0.05, 0) is 78.3 Å². The molecule has 2 unspecified atom stereocenters. The zero-order valence-corrected chi connectivity index (χ0v) is 23.0. The molecule has 2 aromatic carbocycles. The van der Waals surface area contributed by atoms with E-state index in [0.717, 1.165) is 58.3 Å². The van der Waals surface area contributed by atoms with E-state index in [4.69, 9.17) is 32.7 Å². The molecule has 5 nitrogen and oxygen atoms in total. The third-order valence-electron chi connectivity index (χ3n) is 6.65. The molecule has 1 aliphatic heterocycles. The first kappa shape index (κ1) is 26.1. The van der Waals surface area contributed by atoms with Crippen LogP contribution in [-0.2, 0) is 6.42 Å². The first-order chi connectivity index (χ1) is 18.0. The van der Waals surface area contributed by atoms with Gasteiger partial charge in [0.2, 0.25) is 0 Å². The van der Waals surface area contributed by atoms with Crippen LogP contribution in [0.25, 0.3) is 12.2 Å². The Kier molecular flexibility index (Phi) is 8.38. The van der Waals surface area contributed by atoms with E-state index in [9.17, 15) is 4.79 Å². The second-order valence-corrected chi connectivity index (χ2v) is 11.5. The third-order valence-corrected chi connectivity index (χ3v) is 8.19. The summed E-state index contributed by atoms with van der Waals surface area (Å²) in [6, 6.07) is 14.5. The Bertz CT molecular complexity index is 1360. The standard InChI is InChI=1S/C29H30Cl2N2O3S/c1-2-37-17-3-16-35-22-9-4-19(5-10-22)28-27-24(25-18-21(31)8-13-26(25)32-27)14-15-33(28)29(34)36-23-11-6-20(30)7-12-23/h4-7,9-13,18,21,28,32H,2-3,8,14-17H2,1H3. The Morgan fingerprint density at radius 3 is 2.65 bits per heavy atom. The number of amides is 1. The zero-order chi connectivity index (χ0) is 25.8. The molecule has 0 saturated heterocycles. The molecule has 2 heterocycles. The van der Waals surface area contributed by atoms with Gasteiger partial charge in [-0.25, -0.2) is 4.79 Å². The summed E-state index contributed by atoms with van der Waals surface area (Å²) < 4.78 is 11.7. The number of aromatic amines is 1. The maximum absolute atomic E-state index is 13.4. The van der Waals surface area contributed by atoms with Crippen LogP contribution >= 0.6 is 35.0 Å². The van der Waals surface area contributed by atoms with E-state index in [2.05, 4.69) is 24.1 Å². The molecule has 0 radical (unpaired) electrons. The first-order valence-corrected chi connectivity index (χ1v) is 14.6. The average Bonchev–Trinajstić information content (AvgIpc) is 3.27. The highest BCUT2D eigenvalue weighted by molar-refractivity contribution is 7.99. The van der Waals surface area contributed by atoms with E-state index in [-0.39, 0.29) is 11.4 Å². The second-order valence-electron chi connectivity index (χ2n) is 9.10. The van der Waals surface area contributed by atoms with Gasteiger partial charge in [0.15, 0.2) is 0 Å². The number of carbonyl (C=O) groups excluding carboxylic acids is 1. The van der Waals surface area contributed by atoms with E-state index < -0.39 is 6.09 Å². The fourth-order valence-electron chi connectivity index (χ4n) is 4.89. The number of aromatic nitrogens is 1. The number of hydrogen-bond donors (Lipinski definition) is 1. The Hall–Kier alpha value is -2.54. The van der Waals surface area contributed by atoms with Crippen molar-refractivity contribution < 1.29 is 14.3 Å². The predicted molar refractivity (Wildman–Crippen MR) is 153 cm³/mol. The summed E-state index contributed by atoms with van der Waals surface area (Å²) in [5.74, 6) is 3.51. The number of fused-ring (bicyclic) bond motifs is 3. The van der Waals surface area contributed by atoms with Crippen LogP contribution in [0.2, 0.25) is 5.02 Å². The maximum atomic E-state index is 13.4. The van der Waals surface area contributed by atoms with Crippen molar-refractivity contribution >= 4 is 53.2 Å². The van der Waals surface area contributed by atoms with Gasteiger partial charge in [-0.3, -0.25) is 4.90 Å². The van der Waals surface area contributed by atoms with Gasteiger partial charge in [-0.15, -0.1) is 11.6 Å². The average molecular weight is 558 g/mol. The van der Waals surface area contributed by atoms with Crippen LogP contribution in [0.1, 0.15) is 42.6 Å². The lowest BCUT2D eigenvalue weighted by Gasteiger charge is -2.35. The molecule has 1 aliphatic carbocycles. The van der Waals surface area contributed by atoms with Crippen LogP contribution in [0.4, 0.5) is 4.79 Å². The van der Waals surface area contributed by atoms with Gasteiger partial charge in [0, 0.05) is 27.8 Å². The normalized spacial score (nSPS) is 18.3. The summed E-state index contributed by atoms with van der Waals surface area (Å²) in [6.07, 6.45) is 6.38. The van der Waals surface area contributed by atoms with E-state index in [1.807, 2.05) is 36.0 Å². The number of carbonyl (C=O) groups is 1. The summed E-state index contributed by atoms with van der Waals surface area (Å²) in [5.41, 5.74) is 3.21. The highest BCUT2D eigenvalue weighted by Crippen LogP contribution is 2.34. The third kappa shape index (κ3) is 5.97. The maximum Gasteiger partial charge on any atom is 0.416 e. The summed E-state index contributed by atoms with van der Waals surface area (Å²) in [5, 5.41) is 2.80. The molecule has 0 fully saturated rings. The van der Waals surface area contributed by atoms with Crippen molar-refractivity contribution in [2.24, 2.45) is 0 Å². The topological polar surface area (TPSA) is 54.6 Å². The number of nitrogens with one attached hydrogen (secondary N) is 1. The monoisotopic (exact) mass is 556 g/mol. The summed E-state index contributed by atoms with van der Waals surface area (Å²) in [7, 11) is 0. The molecule has 1 N–H and O–H groups in total. The van der Waals surface area contributed by atoms with Crippen molar-refractivity contribution in [1.29, 1.82) is 0 Å². The molecule has 1 amide bonds. The summed E-state index contributed by atoms with van der Waals surface area (Å²) in [6.45, 7) is 3.39. The van der Waals surface area contributed by atoms with Crippen molar-refractivity contribution in [1.82, 2.24) is 9.88 Å². The molecular formula is C29H30Cl2N2O3S. The number of H-pyrrole nitrogens is 1. The van der Waals surface area contributed by atoms with Crippen LogP contribution in [0.5, 0.6) is 11.5 Å². The highest BCUT2D eigenvalue weighted by Gasteiger charge is 2.35. The number of nitrogens with zero attached hydrogens (tertiary/aromatic N) is 1. The predicted octanol–water partition coefficient (Wildman–Crippen LogP) is 5.91. The molecule has 37 heavy (non-hydrogen) atoms. The van der Waals surface area contributed by atoms with Gasteiger partial charge in [-0.1, -0.05) is 42.8 Å². The number of hydrogen-bond acceptors (Lipinski definition) is 4. The van der Waals surface area contributed by atoms with Gasteiger partial charge >= 0.3 is 6.09 Å². The van der Waals surface area contributed by atoms with Crippen molar-refractivity contribution in [3.05, 3.63) is 80.9 Å². The lowest BCUT2D eigenvalue weighted by molar-refractivity contribution is 0.135. The largest absolute Gasteiger partial charge is 0.494 e. The zero-order valence-electron chi connectivity index (χ0n) is 20.7. The molecule has 0 bridgehead atoms. The Balaban J connectivity index is 1.44. The van der Waals surface area contributed by atoms with Gasteiger partial charge in [0.05, 0.1) is 12.0 Å². The van der Waals surface area contributed by atoms with E-state index in [1.165, 1.54) is 5.56 Å². The molecule has 5 rings (SSSR count). The van der Waals surface area contributed by atoms with Gasteiger partial charge in [0.25, 0.3) is 0 Å². The number of alkyl halides is 1. The SMILES string of the molecule is CCSCCCOc1ccc(C2c3[nH]c4c(c3CCN2C(=O)Oc2ccc(Cl)cc2)=CC(Cl)CC=4)cc1. The van der Waals surface area contributed by atoms with Crippen molar-refractivity contribution in [2.75, 3.05) is 24.7 Å². The fraction of sp³-hybridized carbons (Fsp3) is 0.345. The molecule has 0 saturated carbocycles. The number of rotatable bonds is 8. The first-order valence-electron chi connectivity index (χ1n) is 12.6. The van der Waals surface area contributed by atoms with Crippen LogP contribution < -0.4 is 20.0 Å². The second kappa shape index (κ2) is 11.9. The quantitative estimate of drug-likeness (QED) is 0.277. The van der Waals surface area contributed by atoms with Gasteiger partial charge in [-0.2, -0.15) is 11.8 Å². The highest BCUT2D eigenvalue weighted by atomic mass is 35.5. The van der Waals surface area contributed by atoms with Gasteiger partial charge < -0.3 is 14.5 Å². The Morgan fingerprint density at radius 1 is 1.14 bits per heavy atom. The molecule has 2 atom stereocenters. The number of benzene rings is 2. The molecular weight excluding hydrogens is 527 g/mol. The minimum absolute atomic E-state index is 0.0223. The van der Waals surface area contributed by atoms with Crippen LogP contribution in [0.15, 0.2) is 48.5 Å². The lowest BCUT2D eigenvalue weighted by Crippen LogP contribution is -2.43. The fourth-order valence-corrected chi connectivity index (χ4v) is 5.84. The summed E-state index contributed by atoms with van der Waals surface area (Å²) >= 11 is 14.4. The van der Waals surface area contributed by atoms with Crippen molar-refractivity contribution in [3.8, 4) is 11.5 Å². The molecule has 1 aromatic heterocycles. The van der Waals surface area contributed by atoms with Crippen LogP contribution in [-0.4, -0.2) is 46.0 Å². The Morgan fingerprint density at radius 2 is 1.89 bits per heavy atom. The number of ether oxygens (including phenoxy) is 2. The number of halogens is 2. The van der Waals surface area contributed by atoms with Crippen LogP contribution in [0, 0.1) is 0 Å². The molecule has 8 heteroatoms. The van der Waals surface area contributed by atoms with Crippen LogP contribution in [0.3, 0.4) is 0 Å². The van der Waals surface area contributed by atoms with E-state index >= 15 is 0 Å². The minimum atomic E-state index is -0.400. The smallest absolute Gasteiger partial charge is 0.416 e. The summed E-state index contributed by atoms with van der Waals surface area (Å²) in [4.78, 5) is 18.8. The molecule has 194 valence electrons. The minimum Gasteiger partial charge on any atom is -0.494 e. The molecule has 2 aliphatic rings. The van der Waals surface area contributed by atoms with Crippen molar-refractivity contribution in [3.63, 3.8) is 0 Å². The molecule has 0 spiro atoms. The van der Waals surface area contributed by atoms with Gasteiger partial charge in [0.1, 0.15) is 17.5 Å². The van der Waals surface area contributed by atoms with E-state index in [0.29, 0.717) is 23.9 Å². The lowest BCUT2D eigenvalue weighted by atomic mass is 9.92. The van der Waals surface area contributed by atoms with E-state index in [1.54, 1.807) is 29.2 Å². The van der Waals surface area contributed by atoms with Crippen molar-refractivity contribution in [2.45, 2.75) is 37.6 Å². The number of thioether (sulfide) groups is 1.